The molecule has 0 aliphatic carbocycles. The molecule has 6 heteroatoms. The maximum atomic E-state index is 6.02. The second-order valence-corrected chi connectivity index (χ2v) is 5.94. The highest BCUT2D eigenvalue weighted by Crippen LogP contribution is 2.25. The Balaban J connectivity index is 1.92. The molecule has 0 saturated carbocycles. The van der Waals surface area contributed by atoms with E-state index in [0.29, 0.717) is 6.54 Å². The van der Waals surface area contributed by atoms with Crippen LogP contribution in [-0.4, -0.2) is 16.4 Å². The molecule has 104 valence electrons. The van der Waals surface area contributed by atoms with Crippen LogP contribution in [0, 0.1) is 0 Å². The molecule has 0 aliphatic heterocycles. The Morgan fingerprint density at radius 2 is 2.30 bits per heavy atom. The Morgan fingerprint density at radius 3 is 3.05 bits per heavy atom. The number of rotatable bonds is 4. The standard InChI is InChI=1S/C14H15ClN4S/c1-18(9-10-3-2-4-11(15)7-10)13-12(8-16)19-5-6-20-14(19)17-13/h2-7H,8-9,16H2,1H3. The number of thiazole rings is 1. The quantitative estimate of drug-likeness (QED) is 0.805. The lowest BCUT2D eigenvalue weighted by atomic mass is 10.2. The summed E-state index contributed by atoms with van der Waals surface area (Å²) in [4.78, 5) is 7.73. The Hall–Kier alpha value is -1.56. The first kappa shape index (κ1) is 13.4. The summed E-state index contributed by atoms with van der Waals surface area (Å²) in [6.45, 7) is 1.21. The number of imidazole rings is 1. The molecule has 1 aromatic carbocycles. The zero-order valence-corrected chi connectivity index (χ0v) is 12.7. The number of nitrogens with two attached hydrogens (primary N) is 1. The predicted octanol–water partition coefficient (Wildman–Crippen LogP) is 3.14. The van der Waals surface area contributed by atoms with Gasteiger partial charge in [-0.15, -0.1) is 11.3 Å². The van der Waals surface area contributed by atoms with E-state index in [4.69, 9.17) is 17.3 Å². The summed E-state index contributed by atoms with van der Waals surface area (Å²) in [5.41, 5.74) is 8.06. The molecule has 0 saturated heterocycles. The van der Waals surface area contributed by atoms with Crippen LogP contribution in [0.3, 0.4) is 0 Å². The fourth-order valence-electron chi connectivity index (χ4n) is 2.30. The van der Waals surface area contributed by atoms with E-state index in [-0.39, 0.29) is 0 Å². The monoisotopic (exact) mass is 306 g/mol. The number of benzene rings is 1. The van der Waals surface area contributed by atoms with Gasteiger partial charge in [0.15, 0.2) is 10.8 Å². The lowest BCUT2D eigenvalue weighted by Crippen LogP contribution is -2.19. The van der Waals surface area contributed by atoms with E-state index in [1.165, 1.54) is 0 Å². The van der Waals surface area contributed by atoms with Crippen LogP contribution in [0.25, 0.3) is 4.96 Å². The first-order chi connectivity index (χ1) is 9.69. The molecular weight excluding hydrogens is 292 g/mol. The average Bonchev–Trinajstić information content (AvgIpc) is 2.98. The minimum absolute atomic E-state index is 0.465. The van der Waals surface area contributed by atoms with Crippen molar-refractivity contribution in [2.45, 2.75) is 13.1 Å². The number of nitrogens with zero attached hydrogens (tertiary/aromatic N) is 3. The van der Waals surface area contributed by atoms with Crippen LogP contribution in [0.5, 0.6) is 0 Å². The maximum Gasteiger partial charge on any atom is 0.195 e. The van der Waals surface area contributed by atoms with Crippen molar-refractivity contribution in [1.82, 2.24) is 9.38 Å². The van der Waals surface area contributed by atoms with Gasteiger partial charge in [0.05, 0.1) is 5.69 Å². The molecule has 3 rings (SSSR count). The van der Waals surface area contributed by atoms with Crippen LogP contribution in [0.15, 0.2) is 35.8 Å². The van der Waals surface area contributed by atoms with Crippen molar-refractivity contribution in [3.8, 4) is 0 Å². The minimum atomic E-state index is 0.465. The zero-order chi connectivity index (χ0) is 14.1. The number of anilines is 1. The highest BCUT2D eigenvalue weighted by molar-refractivity contribution is 7.15. The van der Waals surface area contributed by atoms with Gasteiger partial charge in [0, 0.05) is 36.7 Å². The van der Waals surface area contributed by atoms with Crippen molar-refractivity contribution in [2.24, 2.45) is 5.73 Å². The molecule has 2 aromatic heterocycles. The fourth-order valence-corrected chi connectivity index (χ4v) is 3.24. The van der Waals surface area contributed by atoms with E-state index >= 15 is 0 Å². The van der Waals surface area contributed by atoms with Crippen LogP contribution >= 0.6 is 22.9 Å². The van der Waals surface area contributed by atoms with Crippen LogP contribution < -0.4 is 10.6 Å². The highest BCUT2D eigenvalue weighted by atomic mass is 35.5. The van der Waals surface area contributed by atoms with Gasteiger partial charge < -0.3 is 10.6 Å². The molecular formula is C14H15ClN4S. The number of halogens is 1. The van der Waals surface area contributed by atoms with Crippen LogP contribution in [-0.2, 0) is 13.1 Å². The number of fused-ring (bicyclic) bond motifs is 1. The zero-order valence-electron chi connectivity index (χ0n) is 11.1. The third-order valence-electron chi connectivity index (χ3n) is 3.20. The normalized spacial score (nSPS) is 11.2. The Labute approximate surface area is 126 Å². The number of hydrogen-bond donors (Lipinski definition) is 1. The molecule has 0 radical (unpaired) electrons. The summed E-state index contributed by atoms with van der Waals surface area (Å²) in [5, 5.41) is 2.77. The first-order valence-corrected chi connectivity index (χ1v) is 7.55. The lowest BCUT2D eigenvalue weighted by Gasteiger charge is -2.18. The smallest absolute Gasteiger partial charge is 0.195 e. The molecule has 4 nitrogen and oxygen atoms in total. The molecule has 0 bridgehead atoms. The minimum Gasteiger partial charge on any atom is -0.354 e. The summed E-state index contributed by atoms with van der Waals surface area (Å²) < 4.78 is 2.05. The van der Waals surface area contributed by atoms with Gasteiger partial charge in [-0.3, -0.25) is 4.40 Å². The molecule has 0 amide bonds. The Kier molecular flexibility index (Phi) is 3.65. The molecule has 0 spiro atoms. The van der Waals surface area contributed by atoms with Crippen LogP contribution in [0.1, 0.15) is 11.3 Å². The van der Waals surface area contributed by atoms with E-state index in [1.807, 2.05) is 36.8 Å². The van der Waals surface area contributed by atoms with E-state index in [9.17, 15) is 0 Å². The molecule has 20 heavy (non-hydrogen) atoms. The summed E-state index contributed by atoms with van der Waals surface area (Å²) >= 11 is 7.64. The molecule has 2 N–H and O–H groups in total. The molecule has 0 atom stereocenters. The summed E-state index contributed by atoms with van der Waals surface area (Å²) in [6.07, 6.45) is 2.01. The van der Waals surface area contributed by atoms with Crippen molar-refractivity contribution in [2.75, 3.05) is 11.9 Å². The van der Waals surface area contributed by atoms with Gasteiger partial charge in [-0.05, 0) is 17.7 Å². The Morgan fingerprint density at radius 1 is 1.45 bits per heavy atom. The van der Waals surface area contributed by atoms with E-state index < -0.39 is 0 Å². The van der Waals surface area contributed by atoms with Crippen LogP contribution in [0.2, 0.25) is 5.02 Å². The van der Waals surface area contributed by atoms with Gasteiger partial charge in [-0.2, -0.15) is 0 Å². The first-order valence-electron chi connectivity index (χ1n) is 6.29. The third kappa shape index (κ3) is 2.40. The Bertz CT molecular complexity index is 734. The van der Waals surface area contributed by atoms with Gasteiger partial charge in [-0.25, -0.2) is 4.98 Å². The number of hydrogen-bond acceptors (Lipinski definition) is 4. The molecule has 0 fully saturated rings. The van der Waals surface area contributed by atoms with Crippen molar-refractivity contribution < 1.29 is 0 Å². The van der Waals surface area contributed by atoms with Gasteiger partial charge in [0.2, 0.25) is 0 Å². The summed E-state index contributed by atoms with van der Waals surface area (Å²) in [7, 11) is 2.02. The van der Waals surface area contributed by atoms with Gasteiger partial charge in [0.25, 0.3) is 0 Å². The van der Waals surface area contributed by atoms with Crippen molar-refractivity contribution in [1.29, 1.82) is 0 Å². The van der Waals surface area contributed by atoms with Crippen molar-refractivity contribution in [3.63, 3.8) is 0 Å². The average molecular weight is 307 g/mol. The molecule has 3 aromatic rings. The summed E-state index contributed by atoms with van der Waals surface area (Å²) in [6, 6.07) is 7.87. The lowest BCUT2D eigenvalue weighted by molar-refractivity contribution is 0.874. The molecule has 2 heterocycles. The molecule has 0 unspecified atom stereocenters. The SMILES string of the molecule is CN(Cc1cccc(Cl)c1)c1nc2sccn2c1CN. The second kappa shape index (κ2) is 5.44. The molecule has 0 aliphatic rings. The van der Waals surface area contributed by atoms with Gasteiger partial charge >= 0.3 is 0 Å². The fraction of sp³-hybridized carbons (Fsp3) is 0.214. The number of aromatic nitrogens is 2. The van der Waals surface area contributed by atoms with E-state index in [0.717, 1.165) is 33.6 Å². The summed E-state index contributed by atoms with van der Waals surface area (Å²) in [5.74, 6) is 0.930. The van der Waals surface area contributed by atoms with Crippen molar-refractivity contribution >= 4 is 33.7 Å². The largest absolute Gasteiger partial charge is 0.354 e. The maximum absolute atomic E-state index is 6.02. The second-order valence-electron chi connectivity index (χ2n) is 4.63. The van der Waals surface area contributed by atoms with Gasteiger partial charge in [0.1, 0.15) is 0 Å². The van der Waals surface area contributed by atoms with Crippen LogP contribution in [0.4, 0.5) is 5.82 Å². The van der Waals surface area contributed by atoms with E-state index in [1.54, 1.807) is 11.3 Å². The van der Waals surface area contributed by atoms with E-state index in [2.05, 4.69) is 20.4 Å². The predicted molar refractivity (Wildman–Crippen MR) is 84.5 cm³/mol. The van der Waals surface area contributed by atoms with Crippen molar-refractivity contribution in [3.05, 3.63) is 52.1 Å². The van der Waals surface area contributed by atoms with Gasteiger partial charge in [-0.1, -0.05) is 23.7 Å². The highest BCUT2D eigenvalue weighted by Gasteiger charge is 2.15. The third-order valence-corrected chi connectivity index (χ3v) is 4.20. The topological polar surface area (TPSA) is 46.6 Å².